The van der Waals surface area contributed by atoms with Crippen LogP contribution in [0.3, 0.4) is 0 Å². The van der Waals surface area contributed by atoms with Crippen molar-refractivity contribution in [2.24, 2.45) is 11.8 Å². The second kappa shape index (κ2) is 5.94. The molecule has 0 saturated carbocycles. The molecule has 0 amide bonds. The highest BCUT2D eigenvalue weighted by molar-refractivity contribution is 5.88. The Morgan fingerprint density at radius 2 is 2.13 bits per heavy atom. The van der Waals surface area contributed by atoms with Gasteiger partial charge in [0.1, 0.15) is 0 Å². The third kappa shape index (κ3) is 3.08. The maximum atomic E-state index is 11.6. The van der Waals surface area contributed by atoms with Gasteiger partial charge < -0.3 is 4.74 Å². The Morgan fingerprint density at radius 1 is 1.40 bits per heavy atom. The Hall–Kier alpha value is -0.790. The number of allylic oxidation sites excluding steroid dienone is 1. The molecule has 0 spiro atoms. The molecule has 0 saturated heterocycles. The minimum absolute atomic E-state index is 0.106. The highest BCUT2D eigenvalue weighted by atomic mass is 16.5. The van der Waals surface area contributed by atoms with E-state index in [9.17, 15) is 4.79 Å². The predicted octanol–water partition coefficient (Wildman–Crippen LogP) is 3.32. The van der Waals surface area contributed by atoms with Crippen LogP contribution >= 0.6 is 0 Å². The van der Waals surface area contributed by atoms with E-state index in [0.29, 0.717) is 12.5 Å². The van der Waals surface area contributed by atoms with Crippen molar-refractivity contribution in [3.63, 3.8) is 0 Å². The molecule has 2 nitrogen and oxygen atoms in total. The summed E-state index contributed by atoms with van der Waals surface area (Å²) < 4.78 is 5.04. The van der Waals surface area contributed by atoms with Crippen molar-refractivity contribution in [1.82, 2.24) is 0 Å². The lowest BCUT2D eigenvalue weighted by atomic mass is 9.78. The Morgan fingerprint density at radius 3 is 2.67 bits per heavy atom. The summed E-state index contributed by atoms with van der Waals surface area (Å²) in [5.41, 5.74) is 0.897. The standard InChI is InChI=1S/C13H22O2/c1-4-10-7-8-12(9-11(10)5-2)13(14)15-6-3/h9-11H,4-8H2,1-3H3/t10-,11+/m1/s1. The lowest BCUT2D eigenvalue weighted by Crippen LogP contribution is -2.20. The predicted molar refractivity (Wildman–Crippen MR) is 61.5 cm³/mol. The normalized spacial score (nSPS) is 25.9. The summed E-state index contributed by atoms with van der Waals surface area (Å²) in [6, 6.07) is 0. The lowest BCUT2D eigenvalue weighted by molar-refractivity contribution is -0.138. The molecule has 0 aromatic carbocycles. The first-order chi connectivity index (χ1) is 7.22. The minimum atomic E-state index is -0.106. The van der Waals surface area contributed by atoms with Crippen LogP contribution in [0.2, 0.25) is 0 Å². The quantitative estimate of drug-likeness (QED) is 0.665. The summed E-state index contributed by atoms with van der Waals surface area (Å²) >= 11 is 0. The molecular weight excluding hydrogens is 188 g/mol. The van der Waals surface area contributed by atoms with Crippen molar-refractivity contribution in [3.8, 4) is 0 Å². The van der Waals surface area contributed by atoms with E-state index in [1.807, 2.05) is 6.92 Å². The van der Waals surface area contributed by atoms with Crippen LogP contribution in [-0.2, 0) is 9.53 Å². The van der Waals surface area contributed by atoms with Crippen molar-refractivity contribution >= 4 is 5.97 Å². The fourth-order valence-corrected chi connectivity index (χ4v) is 2.38. The maximum Gasteiger partial charge on any atom is 0.333 e. The van der Waals surface area contributed by atoms with Crippen LogP contribution < -0.4 is 0 Å². The first-order valence-corrected chi connectivity index (χ1v) is 6.10. The molecule has 0 unspecified atom stereocenters. The van der Waals surface area contributed by atoms with Crippen molar-refractivity contribution in [2.45, 2.75) is 46.5 Å². The summed E-state index contributed by atoms with van der Waals surface area (Å²) in [6.45, 7) is 6.76. The second-order valence-electron chi connectivity index (χ2n) is 4.19. The molecule has 1 aliphatic carbocycles. The third-order valence-electron chi connectivity index (χ3n) is 3.34. The van der Waals surface area contributed by atoms with Gasteiger partial charge in [-0.3, -0.25) is 0 Å². The Bertz CT molecular complexity index is 243. The molecule has 0 bridgehead atoms. The van der Waals surface area contributed by atoms with Crippen LogP contribution in [-0.4, -0.2) is 12.6 Å². The van der Waals surface area contributed by atoms with Crippen LogP contribution in [0.15, 0.2) is 11.6 Å². The fraction of sp³-hybridized carbons (Fsp3) is 0.769. The van der Waals surface area contributed by atoms with E-state index in [1.54, 1.807) is 0 Å². The van der Waals surface area contributed by atoms with Gasteiger partial charge in [-0.15, -0.1) is 0 Å². The van der Waals surface area contributed by atoms with E-state index in [0.717, 1.165) is 30.8 Å². The average Bonchev–Trinajstić information content (AvgIpc) is 2.28. The van der Waals surface area contributed by atoms with Crippen LogP contribution in [0.1, 0.15) is 46.5 Å². The first-order valence-electron chi connectivity index (χ1n) is 6.10. The third-order valence-corrected chi connectivity index (χ3v) is 3.34. The van der Waals surface area contributed by atoms with Gasteiger partial charge in [-0.05, 0) is 38.0 Å². The van der Waals surface area contributed by atoms with E-state index >= 15 is 0 Å². The number of hydrogen-bond acceptors (Lipinski definition) is 2. The van der Waals surface area contributed by atoms with Gasteiger partial charge in [-0.1, -0.05) is 26.3 Å². The lowest BCUT2D eigenvalue weighted by Gasteiger charge is -2.28. The fourth-order valence-electron chi connectivity index (χ4n) is 2.38. The maximum absolute atomic E-state index is 11.6. The highest BCUT2D eigenvalue weighted by Gasteiger charge is 2.25. The summed E-state index contributed by atoms with van der Waals surface area (Å²) in [7, 11) is 0. The van der Waals surface area contributed by atoms with Gasteiger partial charge in [0.25, 0.3) is 0 Å². The van der Waals surface area contributed by atoms with Gasteiger partial charge in [0.2, 0.25) is 0 Å². The van der Waals surface area contributed by atoms with Crippen molar-refractivity contribution in [3.05, 3.63) is 11.6 Å². The smallest absolute Gasteiger partial charge is 0.333 e. The Balaban J connectivity index is 2.67. The van der Waals surface area contributed by atoms with Gasteiger partial charge in [0.15, 0.2) is 0 Å². The molecule has 2 atom stereocenters. The summed E-state index contributed by atoms with van der Waals surface area (Å²) in [5.74, 6) is 1.22. The van der Waals surface area contributed by atoms with E-state index in [4.69, 9.17) is 4.74 Å². The van der Waals surface area contributed by atoms with Crippen molar-refractivity contribution < 1.29 is 9.53 Å². The van der Waals surface area contributed by atoms with Crippen LogP contribution in [0.4, 0.5) is 0 Å². The molecule has 1 rings (SSSR count). The molecule has 0 fully saturated rings. The minimum Gasteiger partial charge on any atom is -0.463 e. The van der Waals surface area contributed by atoms with E-state index in [-0.39, 0.29) is 5.97 Å². The highest BCUT2D eigenvalue weighted by Crippen LogP contribution is 2.33. The van der Waals surface area contributed by atoms with Crippen LogP contribution in [0, 0.1) is 11.8 Å². The topological polar surface area (TPSA) is 26.3 Å². The van der Waals surface area contributed by atoms with Crippen molar-refractivity contribution in [2.75, 3.05) is 6.61 Å². The zero-order valence-electron chi connectivity index (χ0n) is 10.1. The van der Waals surface area contributed by atoms with E-state index < -0.39 is 0 Å². The Labute approximate surface area is 92.7 Å². The molecule has 0 radical (unpaired) electrons. The van der Waals surface area contributed by atoms with Crippen LogP contribution in [0.25, 0.3) is 0 Å². The van der Waals surface area contributed by atoms with Crippen molar-refractivity contribution in [1.29, 1.82) is 0 Å². The molecule has 15 heavy (non-hydrogen) atoms. The molecule has 1 aliphatic rings. The molecular formula is C13H22O2. The molecule has 86 valence electrons. The van der Waals surface area contributed by atoms with Crippen LogP contribution in [0.5, 0.6) is 0 Å². The molecule has 0 N–H and O–H groups in total. The zero-order chi connectivity index (χ0) is 11.3. The summed E-state index contributed by atoms with van der Waals surface area (Å²) in [5, 5.41) is 0. The SMILES string of the molecule is CCOC(=O)C1=C[C@H](CC)[C@H](CC)CC1. The van der Waals surface area contributed by atoms with E-state index in [1.165, 1.54) is 6.42 Å². The van der Waals surface area contributed by atoms with Gasteiger partial charge in [-0.25, -0.2) is 4.79 Å². The van der Waals surface area contributed by atoms with Gasteiger partial charge >= 0.3 is 5.97 Å². The number of carbonyl (C=O) groups is 1. The molecule has 0 aromatic heterocycles. The number of hydrogen-bond donors (Lipinski definition) is 0. The summed E-state index contributed by atoms with van der Waals surface area (Å²) in [4.78, 5) is 11.6. The molecule has 0 aromatic rings. The number of rotatable bonds is 4. The number of esters is 1. The van der Waals surface area contributed by atoms with Gasteiger partial charge in [-0.2, -0.15) is 0 Å². The average molecular weight is 210 g/mol. The monoisotopic (exact) mass is 210 g/mol. The first kappa shape index (κ1) is 12.3. The Kier molecular flexibility index (Phi) is 4.86. The largest absolute Gasteiger partial charge is 0.463 e. The molecule has 2 heteroatoms. The van der Waals surface area contributed by atoms with Gasteiger partial charge in [0, 0.05) is 5.57 Å². The second-order valence-corrected chi connectivity index (χ2v) is 4.19. The molecule has 0 heterocycles. The zero-order valence-corrected chi connectivity index (χ0v) is 10.1. The van der Waals surface area contributed by atoms with Gasteiger partial charge in [0.05, 0.1) is 6.61 Å². The number of carbonyl (C=O) groups excluding carboxylic acids is 1. The molecule has 0 aliphatic heterocycles. The summed E-state index contributed by atoms with van der Waals surface area (Å²) in [6.07, 6.45) is 6.52. The van der Waals surface area contributed by atoms with E-state index in [2.05, 4.69) is 19.9 Å². The number of ether oxygens (including phenoxy) is 1.